The summed E-state index contributed by atoms with van der Waals surface area (Å²) in [6, 6.07) is 18.0. The van der Waals surface area contributed by atoms with E-state index in [4.69, 9.17) is 11.6 Å². The summed E-state index contributed by atoms with van der Waals surface area (Å²) in [4.78, 5) is 18.0. The molecular formula is C20H19ClN2O. The Morgan fingerprint density at radius 2 is 1.96 bits per heavy atom. The van der Waals surface area contributed by atoms with Crippen molar-refractivity contribution in [3.63, 3.8) is 0 Å². The highest BCUT2D eigenvalue weighted by Gasteiger charge is 2.28. The predicted molar refractivity (Wildman–Crippen MR) is 97.4 cm³/mol. The van der Waals surface area contributed by atoms with E-state index >= 15 is 0 Å². The standard InChI is InChI=1S/C20H19ClN2O/c21-17-7-5-14(6-8-17)11-20(24)23-10-9-16(13-23)19-12-15-3-1-2-4-18(15)22-19/h1-8,12,16,22H,9-11,13H2. The van der Waals surface area contributed by atoms with Crippen molar-refractivity contribution >= 4 is 28.4 Å². The Balaban J connectivity index is 1.43. The topological polar surface area (TPSA) is 36.1 Å². The van der Waals surface area contributed by atoms with E-state index in [2.05, 4.69) is 29.2 Å². The van der Waals surface area contributed by atoms with Gasteiger partial charge in [-0.1, -0.05) is 41.9 Å². The number of fused-ring (bicyclic) bond motifs is 1. The Labute approximate surface area is 146 Å². The number of benzene rings is 2. The lowest BCUT2D eigenvalue weighted by molar-refractivity contribution is -0.129. The lowest BCUT2D eigenvalue weighted by Crippen LogP contribution is -2.29. The molecule has 24 heavy (non-hydrogen) atoms. The average molecular weight is 339 g/mol. The number of carbonyl (C=O) groups excluding carboxylic acids is 1. The number of H-pyrrole nitrogens is 1. The minimum atomic E-state index is 0.191. The van der Waals surface area contributed by atoms with Gasteiger partial charge in [0.2, 0.25) is 5.91 Å². The maximum atomic E-state index is 12.5. The summed E-state index contributed by atoms with van der Waals surface area (Å²) in [5, 5.41) is 1.93. The minimum absolute atomic E-state index is 0.191. The number of amides is 1. The molecule has 1 fully saturated rings. The fourth-order valence-electron chi connectivity index (χ4n) is 3.45. The van der Waals surface area contributed by atoms with Crippen molar-refractivity contribution < 1.29 is 4.79 Å². The molecule has 0 radical (unpaired) electrons. The maximum absolute atomic E-state index is 12.5. The van der Waals surface area contributed by atoms with E-state index in [1.807, 2.05) is 35.2 Å². The number of carbonyl (C=O) groups is 1. The Hall–Kier alpha value is -2.26. The molecule has 1 aromatic heterocycles. The Bertz CT molecular complexity index is 836. The molecule has 1 atom stereocenters. The lowest BCUT2D eigenvalue weighted by Gasteiger charge is -2.16. The van der Waals surface area contributed by atoms with Crippen LogP contribution in [-0.4, -0.2) is 28.9 Å². The van der Waals surface area contributed by atoms with Crippen LogP contribution in [0.5, 0.6) is 0 Å². The van der Waals surface area contributed by atoms with E-state index in [1.165, 1.54) is 16.6 Å². The van der Waals surface area contributed by atoms with E-state index in [0.717, 1.165) is 25.1 Å². The first kappa shape index (κ1) is 15.3. The van der Waals surface area contributed by atoms with E-state index < -0.39 is 0 Å². The van der Waals surface area contributed by atoms with E-state index in [9.17, 15) is 4.79 Å². The molecule has 2 heterocycles. The number of hydrogen-bond donors (Lipinski definition) is 1. The van der Waals surface area contributed by atoms with Crippen LogP contribution in [0, 0.1) is 0 Å². The molecule has 122 valence electrons. The first-order chi connectivity index (χ1) is 11.7. The molecular weight excluding hydrogens is 320 g/mol. The Morgan fingerprint density at radius 3 is 2.75 bits per heavy atom. The molecule has 1 saturated heterocycles. The van der Waals surface area contributed by atoms with E-state index in [-0.39, 0.29) is 5.91 Å². The van der Waals surface area contributed by atoms with Gasteiger partial charge >= 0.3 is 0 Å². The SMILES string of the molecule is O=C(Cc1ccc(Cl)cc1)N1CCC(c2cc3ccccc3[nH]2)C1. The molecule has 1 aliphatic heterocycles. The normalized spacial score (nSPS) is 17.5. The Kier molecular flexibility index (Phi) is 4.03. The number of nitrogens with zero attached hydrogens (tertiary/aromatic N) is 1. The summed E-state index contributed by atoms with van der Waals surface area (Å²) in [5.41, 5.74) is 3.41. The smallest absolute Gasteiger partial charge is 0.227 e. The van der Waals surface area contributed by atoms with Crippen LogP contribution in [0.25, 0.3) is 10.9 Å². The van der Waals surface area contributed by atoms with Crippen molar-refractivity contribution in [3.05, 3.63) is 70.9 Å². The van der Waals surface area contributed by atoms with Crippen molar-refractivity contribution in [1.82, 2.24) is 9.88 Å². The van der Waals surface area contributed by atoms with Crippen LogP contribution < -0.4 is 0 Å². The molecule has 1 N–H and O–H groups in total. The molecule has 0 bridgehead atoms. The summed E-state index contributed by atoms with van der Waals surface area (Å²) < 4.78 is 0. The van der Waals surface area contributed by atoms with Crippen LogP contribution in [0.3, 0.4) is 0 Å². The molecule has 1 aliphatic rings. The summed E-state index contributed by atoms with van der Waals surface area (Å²) in [6.45, 7) is 1.62. The van der Waals surface area contributed by atoms with E-state index in [1.54, 1.807) is 0 Å². The van der Waals surface area contributed by atoms with Crippen LogP contribution in [0.1, 0.15) is 23.6 Å². The van der Waals surface area contributed by atoms with Crippen LogP contribution >= 0.6 is 11.6 Å². The third kappa shape index (κ3) is 3.04. The molecule has 0 saturated carbocycles. The second-order valence-corrected chi connectivity index (χ2v) is 6.88. The number of aromatic amines is 1. The molecule has 4 heteroatoms. The number of nitrogens with one attached hydrogen (secondary N) is 1. The number of para-hydroxylation sites is 1. The number of aromatic nitrogens is 1. The highest BCUT2D eigenvalue weighted by Crippen LogP contribution is 2.29. The monoisotopic (exact) mass is 338 g/mol. The number of likely N-dealkylation sites (tertiary alicyclic amines) is 1. The highest BCUT2D eigenvalue weighted by molar-refractivity contribution is 6.30. The largest absolute Gasteiger partial charge is 0.358 e. The van der Waals surface area contributed by atoms with Gasteiger partial charge in [0, 0.05) is 35.2 Å². The van der Waals surface area contributed by atoms with Gasteiger partial charge in [-0.15, -0.1) is 0 Å². The molecule has 0 aliphatic carbocycles. The molecule has 4 rings (SSSR count). The maximum Gasteiger partial charge on any atom is 0.227 e. The summed E-state index contributed by atoms with van der Waals surface area (Å²) in [7, 11) is 0. The van der Waals surface area contributed by atoms with Crippen molar-refractivity contribution in [1.29, 1.82) is 0 Å². The lowest BCUT2D eigenvalue weighted by atomic mass is 10.1. The quantitative estimate of drug-likeness (QED) is 0.755. The second kappa shape index (κ2) is 6.33. The van der Waals surface area contributed by atoms with Gasteiger partial charge in [-0.2, -0.15) is 0 Å². The predicted octanol–water partition coefficient (Wildman–Crippen LogP) is 4.38. The summed E-state index contributed by atoms with van der Waals surface area (Å²) >= 11 is 5.90. The van der Waals surface area contributed by atoms with Crippen molar-refractivity contribution in [2.24, 2.45) is 0 Å². The fraction of sp³-hybridized carbons (Fsp3) is 0.250. The second-order valence-electron chi connectivity index (χ2n) is 6.44. The molecule has 3 nitrogen and oxygen atoms in total. The van der Waals surface area contributed by atoms with Crippen LogP contribution in [0.15, 0.2) is 54.6 Å². The van der Waals surface area contributed by atoms with Gasteiger partial charge < -0.3 is 9.88 Å². The van der Waals surface area contributed by atoms with Gasteiger partial charge in [0.05, 0.1) is 6.42 Å². The zero-order chi connectivity index (χ0) is 16.5. The van der Waals surface area contributed by atoms with Gasteiger partial charge in [-0.25, -0.2) is 0 Å². The summed E-state index contributed by atoms with van der Waals surface area (Å²) in [5.74, 6) is 0.586. The number of halogens is 1. The zero-order valence-electron chi connectivity index (χ0n) is 13.3. The first-order valence-electron chi connectivity index (χ1n) is 8.29. The average Bonchev–Trinajstić information content (AvgIpc) is 3.23. The van der Waals surface area contributed by atoms with Gasteiger partial charge in [-0.3, -0.25) is 4.79 Å². The first-order valence-corrected chi connectivity index (χ1v) is 8.67. The van der Waals surface area contributed by atoms with E-state index in [0.29, 0.717) is 17.4 Å². The molecule has 3 aromatic rings. The zero-order valence-corrected chi connectivity index (χ0v) is 14.1. The Morgan fingerprint density at radius 1 is 1.17 bits per heavy atom. The molecule has 2 aromatic carbocycles. The van der Waals surface area contributed by atoms with Crippen molar-refractivity contribution in [3.8, 4) is 0 Å². The van der Waals surface area contributed by atoms with Crippen LogP contribution in [0.4, 0.5) is 0 Å². The number of rotatable bonds is 3. The molecule has 0 spiro atoms. The van der Waals surface area contributed by atoms with Crippen LogP contribution in [-0.2, 0) is 11.2 Å². The van der Waals surface area contributed by atoms with Gasteiger partial charge in [0.25, 0.3) is 0 Å². The van der Waals surface area contributed by atoms with Crippen molar-refractivity contribution in [2.75, 3.05) is 13.1 Å². The van der Waals surface area contributed by atoms with Gasteiger partial charge in [0.15, 0.2) is 0 Å². The third-order valence-corrected chi connectivity index (χ3v) is 5.05. The fourth-order valence-corrected chi connectivity index (χ4v) is 3.57. The number of hydrogen-bond acceptors (Lipinski definition) is 1. The van der Waals surface area contributed by atoms with Gasteiger partial charge in [-0.05, 0) is 41.6 Å². The van der Waals surface area contributed by atoms with Crippen LogP contribution in [0.2, 0.25) is 5.02 Å². The highest BCUT2D eigenvalue weighted by atomic mass is 35.5. The minimum Gasteiger partial charge on any atom is -0.358 e. The van der Waals surface area contributed by atoms with Crippen molar-refractivity contribution in [2.45, 2.75) is 18.8 Å². The summed E-state index contributed by atoms with van der Waals surface area (Å²) in [6.07, 6.45) is 1.45. The molecule has 1 unspecified atom stereocenters. The molecule has 1 amide bonds. The van der Waals surface area contributed by atoms with Gasteiger partial charge in [0.1, 0.15) is 0 Å². The third-order valence-electron chi connectivity index (χ3n) is 4.80.